The summed E-state index contributed by atoms with van der Waals surface area (Å²) < 4.78 is 4.97. The Morgan fingerprint density at radius 3 is 3.15 bits per heavy atom. The van der Waals surface area contributed by atoms with Crippen molar-refractivity contribution < 1.29 is 9.53 Å². The molecule has 0 radical (unpaired) electrons. The Hall–Kier alpha value is -1.78. The first kappa shape index (κ1) is 9.31. The molecule has 5 heteroatoms. The normalized spacial score (nSPS) is 9.31. The van der Waals surface area contributed by atoms with Crippen LogP contribution in [0.4, 0.5) is 4.79 Å². The maximum Gasteiger partial charge on any atom is 0.312 e. The van der Waals surface area contributed by atoms with Crippen LogP contribution in [0.1, 0.15) is 5.56 Å². The number of hydrogen-bond acceptors (Lipinski definition) is 3. The highest BCUT2D eigenvalue weighted by Gasteiger charge is 2.02. The van der Waals surface area contributed by atoms with Gasteiger partial charge in [0.25, 0.3) is 0 Å². The Morgan fingerprint density at radius 2 is 2.54 bits per heavy atom. The number of carbonyl (C=O) groups excluding carboxylic acids is 1. The molecule has 0 fully saturated rings. The lowest BCUT2D eigenvalue weighted by molar-refractivity contribution is 0.248. The lowest BCUT2D eigenvalue weighted by Crippen LogP contribution is -2.28. The van der Waals surface area contributed by atoms with E-state index in [1.54, 1.807) is 12.3 Å². The van der Waals surface area contributed by atoms with Crippen molar-refractivity contribution >= 4 is 6.03 Å². The van der Waals surface area contributed by atoms with Gasteiger partial charge in [-0.15, -0.1) is 0 Å². The van der Waals surface area contributed by atoms with E-state index in [0.717, 1.165) is 5.56 Å². The number of nitrogens with two attached hydrogens (primary N) is 1. The fourth-order valence-corrected chi connectivity index (χ4v) is 0.925. The maximum absolute atomic E-state index is 10.4. The molecule has 0 saturated heterocycles. The summed E-state index contributed by atoms with van der Waals surface area (Å²) in [6.07, 6.45) is 1.62. The summed E-state index contributed by atoms with van der Waals surface area (Å²) in [5.74, 6) is 0.497. The summed E-state index contributed by atoms with van der Waals surface area (Å²) in [5.41, 5.74) is 5.72. The van der Waals surface area contributed by atoms with Gasteiger partial charge in [-0.3, -0.25) is 0 Å². The van der Waals surface area contributed by atoms with Gasteiger partial charge < -0.3 is 15.8 Å². The Kier molecular flexibility index (Phi) is 3.08. The molecular formula is C8H11N3O2. The lowest BCUT2D eigenvalue weighted by Gasteiger charge is -2.06. The molecule has 3 N–H and O–H groups in total. The number of methoxy groups -OCH3 is 1. The number of nitrogens with one attached hydrogen (secondary N) is 1. The number of ether oxygens (including phenoxy) is 1. The molecule has 0 aliphatic heterocycles. The van der Waals surface area contributed by atoms with E-state index in [4.69, 9.17) is 10.5 Å². The Morgan fingerprint density at radius 1 is 1.77 bits per heavy atom. The average Bonchev–Trinajstić information content (AvgIpc) is 2.15. The van der Waals surface area contributed by atoms with Gasteiger partial charge in [0.1, 0.15) is 0 Å². The van der Waals surface area contributed by atoms with Crippen LogP contribution in [-0.2, 0) is 6.54 Å². The van der Waals surface area contributed by atoms with E-state index in [9.17, 15) is 4.79 Å². The third-order valence-electron chi connectivity index (χ3n) is 1.50. The van der Waals surface area contributed by atoms with Gasteiger partial charge in [-0.25, -0.2) is 9.78 Å². The molecule has 5 nitrogen and oxygen atoms in total. The number of amides is 2. The monoisotopic (exact) mass is 181 g/mol. The highest BCUT2D eigenvalue weighted by Crippen LogP contribution is 2.12. The molecule has 0 aliphatic carbocycles. The molecule has 0 spiro atoms. The fourth-order valence-electron chi connectivity index (χ4n) is 0.925. The van der Waals surface area contributed by atoms with Crippen molar-refractivity contribution in [3.8, 4) is 5.88 Å². The molecule has 0 bridgehead atoms. The second-order valence-electron chi connectivity index (χ2n) is 2.39. The maximum atomic E-state index is 10.4. The number of pyridine rings is 1. The first-order valence-electron chi connectivity index (χ1n) is 3.75. The van der Waals surface area contributed by atoms with Gasteiger partial charge in [0.05, 0.1) is 7.11 Å². The van der Waals surface area contributed by atoms with Crippen LogP contribution in [0.5, 0.6) is 5.88 Å². The molecule has 1 heterocycles. The number of rotatable bonds is 3. The third-order valence-corrected chi connectivity index (χ3v) is 1.50. The third kappa shape index (κ3) is 2.62. The van der Waals surface area contributed by atoms with Crippen molar-refractivity contribution in [3.63, 3.8) is 0 Å². The highest BCUT2D eigenvalue weighted by molar-refractivity contribution is 5.71. The summed E-state index contributed by atoms with van der Waals surface area (Å²) in [4.78, 5) is 14.4. The fraction of sp³-hybridized carbons (Fsp3) is 0.250. The molecule has 1 aromatic rings. The first-order valence-corrected chi connectivity index (χ1v) is 3.75. The zero-order valence-corrected chi connectivity index (χ0v) is 7.28. The largest absolute Gasteiger partial charge is 0.481 e. The molecule has 1 aromatic heterocycles. The SMILES string of the molecule is COc1ncccc1CNC(N)=O. The average molecular weight is 181 g/mol. The minimum atomic E-state index is -0.564. The number of urea groups is 1. The number of nitrogens with zero attached hydrogens (tertiary/aromatic N) is 1. The van der Waals surface area contributed by atoms with Crippen LogP contribution in [0.25, 0.3) is 0 Å². The van der Waals surface area contributed by atoms with E-state index in [1.165, 1.54) is 7.11 Å². The summed E-state index contributed by atoms with van der Waals surface area (Å²) >= 11 is 0. The van der Waals surface area contributed by atoms with Gasteiger partial charge in [0.2, 0.25) is 5.88 Å². The molecule has 1 rings (SSSR count). The van der Waals surface area contributed by atoms with Crippen LogP contribution in [0.3, 0.4) is 0 Å². The highest BCUT2D eigenvalue weighted by atomic mass is 16.5. The van der Waals surface area contributed by atoms with Crippen molar-refractivity contribution in [2.45, 2.75) is 6.54 Å². The van der Waals surface area contributed by atoms with Crippen LogP contribution < -0.4 is 15.8 Å². The van der Waals surface area contributed by atoms with Crippen LogP contribution >= 0.6 is 0 Å². The molecular weight excluding hydrogens is 170 g/mol. The van der Waals surface area contributed by atoms with E-state index in [2.05, 4.69) is 10.3 Å². The van der Waals surface area contributed by atoms with Crippen molar-refractivity contribution in [1.29, 1.82) is 0 Å². The van der Waals surface area contributed by atoms with Gasteiger partial charge in [0, 0.05) is 18.3 Å². The molecule has 0 atom stereocenters. The number of carbonyl (C=O) groups is 1. The van der Waals surface area contributed by atoms with Gasteiger partial charge in [0.15, 0.2) is 0 Å². The van der Waals surface area contributed by atoms with E-state index in [-0.39, 0.29) is 0 Å². The van der Waals surface area contributed by atoms with Gasteiger partial charge in [-0.2, -0.15) is 0 Å². The van der Waals surface area contributed by atoms with Crippen molar-refractivity contribution in [2.24, 2.45) is 5.73 Å². The molecule has 0 saturated carbocycles. The summed E-state index contributed by atoms with van der Waals surface area (Å²) in [5, 5.41) is 2.46. The summed E-state index contributed by atoms with van der Waals surface area (Å²) in [7, 11) is 1.52. The predicted octanol–water partition coefficient (Wildman–Crippen LogP) is 0.259. The smallest absolute Gasteiger partial charge is 0.312 e. The van der Waals surface area contributed by atoms with Crippen LogP contribution in [0, 0.1) is 0 Å². The minimum Gasteiger partial charge on any atom is -0.481 e. The Balaban J connectivity index is 2.69. The molecule has 0 aromatic carbocycles. The molecule has 70 valence electrons. The van der Waals surface area contributed by atoms with Gasteiger partial charge >= 0.3 is 6.03 Å². The predicted molar refractivity (Wildman–Crippen MR) is 47.2 cm³/mol. The summed E-state index contributed by atoms with van der Waals surface area (Å²) in [6, 6.07) is 3.01. The second-order valence-corrected chi connectivity index (χ2v) is 2.39. The Labute approximate surface area is 75.9 Å². The summed E-state index contributed by atoms with van der Waals surface area (Å²) in [6.45, 7) is 0.326. The standard InChI is InChI=1S/C8H11N3O2/c1-13-7-6(3-2-4-10-7)5-11-8(9)12/h2-4H,5H2,1H3,(H3,9,11,12). The topological polar surface area (TPSA) is 77.2 Å². The molecule has 0 unspecified atom stereocenters. The number of hydrogen-bond donors (Lipinski definition) is 2. The quantitative estimate of drug-likeness (QED) is 0.702. The number of aromatic nitrogens is 1. The second kappa shape index (κ2) is 4.30. The first-order chi connectivity index (χ1) is 6.24. The zero-order valence-electron chi connectivity index (χ0n) is 7.28. The van der Waals surface area contributed by atoms with Crippen molar-refractivity contribution in [2.75, 3.05) is 7.11 Å². The van der Waals surface area contributed by atoms with Gasteiger partial charge in [-0.05, 0) is 6.07 Å². The lowest BCUT2D eigenvalue weighted by atomic mass is 10.3. The minimum absolute atomic E-state index is 0.326. The van der Waals surface area contributed by atoms with Crippen molar-refractivity contribution in [1.82, 2.24) is 10.3 Å². The zero-order chi connectivity index (χ0) is 9.68. The molecule has 2 amide bonds. The van der Waals surface area contributed by atoms with E-state index < -0.39 is 6.03 Å². The molecule has 0 aliphatic rings. The van der Waals surface area contributed by atoms with Gasteiger partial charge in [-0.1, -0.05) is 6.07 Å². The Bertz CT molecular complexity index is 301. The van der Waals surface area contributed by atoms with E-state index >= 15 is 0 Å². The van der Waals surface area contributed by atoms with Crippen LogP contribution in [0.2, 0.25) is 0 Å². The van der Waals surface area contributed by atoms with E-state index in [0.29, 0.717) is 12.4 Å². The van der Waals surface area contributed by atoms with Crippen LogP contribution in [-0.4, -0.2) is 18.1 Å². The van der Waals surface area contributed by atoms with Crippen molar-refractivity contribution in [3.05, 3.63) is 23.9 Å². The molecule has 13 heavy (non-hydrogen) atoms. The van der Waals surface area contributed by atoms with Crippen LogP contribution in [0.15, 0.2) is 18.3 Å². The number of primary amides is 1. The van der Waals surface area contributed by atoms with E-state index in [1.807, 2.05) is 6.07 Å².